The van der Waals surface area contributed by atoms with E-state index in [0.29, 0.717) is 26.1 Å². The monoisotopic (exact) mass is 580 g/mol. The molecule has 1 aromatic carbocycles. The van der Waals surface area contributed by atoms with Gasteiger partial charge in [0.2, 0.25) is 17.7 Å². The summed E-state index contributed by atoms with van der Waals surface area (Å²) in [5.41, 5.74) is 1.56. The van der Waals surface area contributed by atoms with E-state index in [1.807, 2.05) is 24.3 Å². The van der Waals surface area contributed by atoms with Gasteiger partial charge < -0.3 is 19.8 Å². The Balaban J connectivity index is 1.47. The van der Waals surface area contributed by atoms with Crippen LogP contribution in [0.15, 0.2) is 49.6 Å². The largest absolute Gasteiger partial charge is 0.396 e. The van der Waals surface area contributed by atoms with E-state index in [-0.39, 0.29) is 36.2 Å². The van der Waals surface area contributed by atoms with Crippen LogP contribution in [0.5, 0.6) is 0 Å². The van der Waals surface area contributed by atoms with Crippen LogP contribution in [0.1, 0.15) is 38.5 Å². The SMILES string of the molecule is C=CCN(C)C(=O)[C@@H]1[C@H]2C(=O)N(CCCCCCO)C(C(=O)N(CC=C)Cn3nnc4ccccc43)C23CC[C@H]1S3. The van der Waals surface area contributed by atoms with E-state index in [1.165, 1.54) is 0 Å². The summed E-state index contributed by atoms with van der Waals surface area (Å²) in [5, 5.41) is 17.7. The van der Waals surface area contributed by atoms with Crippen LogP contribution in [-0.2, 0) is 21.1 Å². The Hall–Kier alpha value is -3.18. The van der Waals surface area contributed by atoms with E-state index in [9.17, 15) is 19.5 Å². The van der Waals surface area contributed by atoms with Gasteiger partial charge in [0, 0.05) is 38.5 Å². The number of amides is 3. The number of hydrogen-bond donors (Lipinski definition) is 1. The minimum absolute atomic E-state index is 0.0119. The highest BCUT2D eigenvalue weighted by Crippen LogP contribution is 2.66. The van der Waals surface area contributed by atoms with Crippen molar-refractivity contribution < 1.29 is 19.5 Å². The van der Waals surface area contributed by atoms with Crippen LogP contribution in [0.3, 0.4) is 0 Å². The zero-order valence-corrected chi connectivity index (χ0v) is 24.5. The molecule has 2 unspecified atom stereocenters. The Bertz CT molecular complexity index is 1310. The van der Waals surface area contributed by atoms with Crippen molar-refractivity contribution in [2.75, 3.05) is 33.3 Å². The summed E-state index contributed by atoms with van der Waals surface area (Å²) in [7, 11) is 1.75. The van der Waals surface area contributed by atoms with Gasteiger partial charge in [-0.05, 0) is 37.8 Å². The number of likely N-dealkylation sites (tertiary alicyclic amines) is 1. The molecule has 3 fully saturated rings. The number of carbonyl (C=O) groups is 3. The Morgan fingerprint density at radius 1 is 1.15 bits per heavy atom. The molecule has 220 valence electrons. The molecule has 5 rings (SSSR count). The molecular formula is C30H40N6O4S. The second-order valence-electron chi connectivity index (χ2n) is 11.3. The average Bonchev–Trinajstić information content (AvgIpc) is 3.72. The molecule has 10 nitrogen and oxygen atoms in total. The average molecular weight is 581 g/mol. The molecule has 1 N–H and O–H groups in total. The number of benzene rings is 1. The number of aliphatic hydroxyl groups is 1. The molecule has 0 saturated carbocycles. The molecular weight excluding hydrogens is 540 g/mol. The maximum atomic E-state index is 14.6. The summed E-state index contributed by atoms with van der Waals surface area (Å²) in [6, 6.07) is 6.93. The summed E-state index contributed by atoms with van der Waals surface area (Å²) < 4.78 is 1.06. The lowest BCUT2D eigenvalue weighted by molar-refractivity contribution is -0.144. The maximum absolute atomic E-state index is 14.6. The van der Waals surface area contributed by atoms with Gasteiger partial charge in [-0.25, -0.2) is 4.68 Å². The van der Waals surface area contributed by atoms with E-state index in [4.69, 9.17) is 0 Å². The first-order chi connectivity index (χ1) is 19.9. The third-order valence-electron chi connectivity index (χ3n) is 8.79. The zero-order chi connectivity index (χ0) is 29.1. The zero-order valence-electron chi connectivity index (χ0n) is 23.7. The molecule has 0 aliphatic carbocycles. The fourth-order valence-electron chi connectivity index (χ4n) is 6.97. The molecule has 1 aromatic heterocycles. The summed E-state index contributed by atoms with van der Waals surface area (Å²) >= 11 is 1.68. The molecule has 41 heavy (non-hydrogen) atoms. The first-order valence-electron chi connectivity index (χ1n) is 14.5. The molecule has 11 heteroatoms. The van der Waals surface area contributed by atoms with Gasteiger partial charge in [0.05, 0.1) is 22.1 Å². The molecule has 0 radical (unpaired) electrons. The topological polar surface area (TPSA) is 112 Å². The predicted octanol–water partition coefficient (Wildman–Crippen LogP) is 2.69. The smallest absolute Gasteiger partial charge is 0.248 e. The minimum atomic E-state index is -0.676. The number of thioether (sulfide) groups is 1. The van der Waals surface area contributed by atoms with Crippen molar-refractivity contribution in [3.8, 4) is 0 Å². The highest BCUT2D eigenvalue weighted by molar-refractivity contribution is 8.02. The van der Waals surface area contributed by atoms with Crippen molar-refractivity contribution >= 4 is 40.5 Å². The van der Waals surface area contributed by atoms with Crippen LogP contribution in [0.2, 0.25) is 0 Å². The second kappa shape index (κ2) is 12.4. The van der Waals surface area contributed by atoms with Gasteiger partial charge in [0.15, 0.2) is 0 Å². The van der Waals surface area contributed by atoms with Crippen LogP contribution in [0.4, 0.5) is 0 Å². The molecule has 3 aliphatic rings. The summed E-state index contributed by atoms with van der Waals surface area (Å²) in [5.74, 6) is -1.26. The number of fused-ring (bicyclic) bond motifs is 2. The van der Waals surface area contributed by atoms with Gasteiger partial charge in [-0.1, -0.05) is 42.3 Å². The van der Waals surface area contributed by atoms with E-state index < -0.39 is 22.6 Å². The number of likely N-dealkylation sites (N-methyl/N-ethyl adjacent to an activating group) is 1. The Morgan fingerprint density at radius 2 is 1.90 bits per heavy atom. The Labute approximate surface area is 245 Å². The van der Waals surface area contributed by atoms with Gasteiger partial charge in [-0.3, -0.25) is 14.4 Å². The predicted molar refractivity (Wildman–Crippen MR) is 159 cm³/mol. The van der Waals surface area contributed by atoms with Crippen molar-refractivity contribution in [1.29, 1.82) is 0 Å². The van der Waals surface area contributed by atoms with Crippen molar-refractivity contribution in [1.82, 2.24) is 29.7 Å². The normalized spacial score (nSPS) is 26.4. The van der Waals surface area contributed by atoms with Gasteiger partial charge in [-0.15, -0.1) is 30.0 Å². The van der Waals surface area contributed by atoms with Gasteiger partial charge in [-0.2, -0.15) is 0 Å². The highest BCUT2D eigenvalue weighted by Gasteiger charge is 2.73. The molecule has 4 heterocycles. The minimum Gasteiger partial charge on any atom is -0.396 e. The summed E-state index contributed by atoms with van der Waals surface area (Å²) in [6.45, 7) is 9.13. The Morgan fingerprint density at radius 3 is 2.66 bits per heavy atom. The number of carbonyl (C=O) groups excluding carboxylic acids is 3. The van der Waals surface area contributed by atoms with Crippen LogP contribution >= 0.6 is 11.8 Å². The highest BCUT2D eigenvalue weighted by atomic mass is 32.2. The number of rotatable bonds is 14. The fraction of sp³-hybridized carbons (Fsp3) is 0.567. The maximum Gasteiger partial charge on any atom is 0.248 e. The van der Waals surface area contributed by atoms with E-state index in [1.54, 1.807) is 50.3 Å². The molecule has 3 saturated heterocycles. The Kier molecular flexibility index (Phi) is 8.84. The van der Waals surface area contributed by atoms with Crippen LogP contribution in [-0.4, -0.2) is 102 Å². The van der Waals surface area contributed by atoms with E-state index >= 15 is 0 Å². The molecule has 2 bridgehead atoms. The molecule has 2 aromatic rings. The van der Waals surface area contributed by atoms with Crippen LogP contribution in [0, 0.1) is 11.8 Å². The molecule has 1 spiro atoms. The standard InChI is InChI=1S/C30H40N6O4S/c1-4-16-33(3)27(38)24-23-14-15-30(41-23)25(24)28(39)35(18-10-6-7-11-19-37)26(30)29(40)34(17-5-2)20-36-22-13-9-8-12-21(22)31-32-36/h4-5,8-9,12-13,23-26,37H,1-2,6-7,10-11,14-20H2,3H3/t23-,24+,25+,26?,30?/m1/s1. The summed E-state index contributed by atoms with van der Waals surface area (Å²) in [6.07, 6.45) is 8.06. The number of aliphatic hydroxyl groups excluding tert-OH is 1. The van der Waals surface area contributed by atoms with Gasteiger partial charge in [0.25, 0.3) is 0 Å². The fourth-order valence-corrected chi connectivity index (χ4v) is 9.18. The molecule has 5 atom stereocenters. The van der Waals surface area contributed by atoms with Gasteiger partial charge in [0.1, 0.15) is 18.2 Å². The number of para-hydroxylation sites is 1. The first-order valence-corrected chi connectivity index (χ1v) is 15.4. The molecule has 3 aliphatic heterocycles. The van der Waals surface area contributed by atoms with Crippen LogP contribution in [0.25, 0.3) is 11.0 Å². The third kappa shape index (κ3) is 5.18. The lowest BCUT2D eigenvalue weighted by Gasteiger charge is -2.37. The number of unbranched alkanes of at least 4 members (excludes halogenated alkanes) is 3. The summed E-state index contributed by atoms with van der Waals surface area (Å²) in [4.78, 5) is 47.6. The second-order valence-corrected chi connectivity index (χ2v) is 12.9. The quantitative estimate of drug-likeness (QED) is 0.270. The number of hydrogen-bond acceptors (Lipinski definition) is 7. The third-order valence-corrected chi connectivity index (χ3v) is 10.7. The molecule has 3 amide bonds. The number of nitrogens with zero attached hydrogens (tertiary/aromatic N) is 6. The van der Waals surface area contributed by atoms with Crippen molar-refractivity contribution in [3.05, 3.63) is 49.6 Å². The number of aromatic nitrogens is 3. The lowest BCUT2D eigenvalue weighted by Crippen LogP contribution is -2.55. The van der Waals surface area contributed by atoms with Crippen molar-refractivity contribution in [2.24, 2.45) is 11.8 Å². The van der Waals surface area contributed by atoms with E-state index in [2.05, 4.69) is 23.5 Å². The first kappa shape index (κ1) is 29.3. The van der Waals surface area contributed by atoms with Crippen molar-refractivity contribution in [2.45, 2.75) is 61.2 Å². The lowest BCUT2D eigenvalue weighted by atomic mass is 9.70. The van der Waals surface area contributed by atoms with Crippen molar-refractivity contribution in [3.63, 3.8) is 0 Å². The van der Waals surface area contributed by atoms with Crippen LogP contribution < -0.4 is 0 Å². The van der Waals surface area contributed by atoms with E-state index in [0.717, 1.165) is 43.1 Å². The van der Waals surface area contributed by atoms with Gasteiger partial charge >= 0.3 is 0 Å².